The number of para-hydroxylation sites is 2. The van der Waals surface area contributed by atoms with Crippen LogP contribution in [-0.2, 0) is 6.42 Å². The van der Waals surface area contributed by atoms with Crippen LogP contribution in [0.3, 0.4) is 0 Å². The van der Waals surface area contributed by atoms with Crippen molar-refractivity contribution in [1.29, 1.82) is 0 Å². The highest BCUT2D eigenvalue weighted by atomic mass is 16.2. The largest absolute Gasteiger partial charge is 0.396 e. The molecule has 2 aromatic carbocycles. The van der Waals surface area contributed by atoms with Gasteiger partial charge in [-0.15, -0.1) is 0 Å². The first kappa shape index (κ1) is 21.9. The minimum atomic E-state index is 0.341. The van der Waals surface area contributed by atoms with Crippen molar-refractivity contribution in [3.63, 3.8) is 0 Å². The van der Waals surface area contributed by atoms with E-state index in [0.717, 1.165) is 23.9 Å². The zero-order chi connectivity index (χ0) is 20.9. The van der Waals surface area contributed by atoms with Gasteiger partial charge in [0.1, 0.15) is 0 Å². The van der Waals surface area contributed by atoms with Crippen LogP contribution in [-0.4, -0.2) is 21.7 Å². The summed E-state index contributed by atoms with van der Waals surface area (Å²) in [5.74, 6) is 0. The summed E-state index contributed by atoms with van der Waals surface area (Å²) in [6, 6.07) is 24.7. The molecule has 1 N–H and O–H groups in total. The number of hydrogen-bond donors (Lipinski definition) is 1. The molecule has 0 unspecified atom stereocenters. The van der Waals surface area contributed by atoms with E-state index in [1.54, 1.807) is 0 Å². The fraction of sp³-hybridized carbons (Fsp3) is 0.333. The molecule has 0 aliphatic heterocycles. The molecule has 0 aliphatic carbocycles. The van der Waals surface area contributed by atoms with Gasteiger partial charge < -0.3 is 5.11 Å². The molecular formula is C27H32N2O. The summed E-state index contributed by atoms with van der Waals surface area (Å²) < 4.78 is 0. The van der Waals surface area contributed by atoms with Crippen LogP contribution in [0.1, 0.15) is 50.6 Å². The molecule has 0 bridgehead atoms. The monoisotopic (exact) mass is 400 g/mol. The van der Waals surface area contributed by atoms with Crippen molar-refractivity contribution in [3.05, 3.63) is 84.7 Å². The van der Waals surface area contributed by atoms with Crippen LogP contribution in [0.2, 0.25) is 0 Å². The number of fused-ring (bicyclic) bond motifs is 2. The van der Waals surface area contributed by atoms with Crippen molar-refractivity contribution in [2.24, 2.45) is 0 Å². The Bertz CT molecular complexity index is 950. The van der Waals surface area contributed by atoms with E-state index in [1.165, 1.54) is 55.0 Å². The summed E-state index contributed by atoms with van der Waals surface area (Å²) in [7, 11) is 0. The third-order valence-corrected chi connectivity index (χ3v) is 5.26. The van der Waals surface area contributed by atoms with Gasteiger partial charge in [0.2, 0.25) is 0 Å². The predicted molar refractivity (Wildman–Crippen MR) is 127 cm³/mol. The van der Waals surface area contributed by atoms with Crippen LogP contribution in [0.5, 0.6) is 0 Å². The van der Waals surface area contributed by atoms with Crippen LogP contribution in [0.25, 0.3) is 21.8 Å². The van der Waals surface area contributed by atoms with E-state index in [-0.39, 0.29) is 0 Å². The Morgan fingerprint density at radius 2 is 1.17 bits per heavy atom. The highest BCUT2D eigenvalue weighted by Crippen LogP contribution is 2.14. The summed E-state index contributed by atoms with van der Waals surface area (Å²) >= 11 is 0. The number of rotatable bonds is 9. The van der Waals surface area contributed by atoms with E-state index in [1.807, 2.05) is 36.5 Å². The van der Waals surface area contributed by atoms with Gasteiger partial charge in [-0.25, -0.2) is 0 Å². The molecule has 0 spiro atoms. The van der Waals surface area contributed by atoms with E-state index in [4.69, 9.17) is 10.1 Å². The van der Waals surface area contributed by atoms with Gasteiger partial charge in [-0.2, -0.15) is 0 Å². The first-order valence-electron chi connectivity index (χ1n) is 11.1. The van der Waals surface area contributed by atoms with Gasteiger partial charge in [0.05, 0.1) is 11.0 Å². The second kappa shape index (κ2) is 12.7. The van der Waals surface area contributed by atoms with Gasteiger partial charge >= 0.3 is 0 Å². The number of aliphatic hydroxyl groups is 1. The summed E-state index contributed by atoms with van der Waals surface area (Å²) in [6.45, 7) is 0.341. The normalized spacial score (nSPS) is 10.7. The molecule has 156 valence electrons. The molecular weight excluding hydrogens is 368 g/mol. The molecule has 4 rings (SSSR count). The SMILES string of the molecule is OCCCCCCCCCc1ccc2ccccc2n1.c1ccc2ncccc2c1. The van der Waals surface area contributed by atoms with Crippen LogP contribution >= 0.6 is 0 Å². The lowest BCUT2D eigenvalue weighted by Crippen LogP contribution is -1.91. The van der Waals surface area contributed by atoms with Crippen molar-refractivity contribution in [3.8, 4) is 0 Å². The van der Waals surface area contributed by atoms with E-state index < -0.39 is 0 Å². The minimum absolute atomic E-state index is 0.341. The van der Waals surface area contributed by atoms with Gasteiger partial charge in [0.15, 0.2) is 0 Å². The minimum Gasteiger partial charge on any atom is -0.396 e. The predicted octanol–water partition coefficient (Wildman–Crippen LogP) is 6.74. The quantitative estimate of drug-likeness (QED) is 0.317. The van der Waals surface area contributed by atoms with Gasteiger partial charge in [-0.05, 0) is 43.5 Å². The molecule has 0 radical (unpaired) electrons. The van der Waals surface area contributed by atoms with Crippen LogP contribution in [0, 0.1) is 0 Å². The maximum atomic E-state index is 8.70. The Morgan fingerprint density at radius 3 is 1.90 bits per heavy atom. The van der Waals surface area contributed by atoms with Gasteiger partial charge in [0, 0.05) is 29.3 Å². The number of benzene rings is 2. The highest BCUT2D eigenvalue weighted by molar-refractivity contribution is 5.78. The molecule has 0 atom stereocenters. The van der Waals surface area contributed by atoms with Crippen molar-refractivity contribution in [2.75, 3.05) is 6.61 Å². The van der Waals surface area contributed by atoms with Gasteiger partial charge in [0.25, 0.3) is 0 Å². The number of aryl methyl sites for hydroxylation is 1. The number of pyridine rings is 2. The molecule has 0 amide bonds. The Labute approximate surface area is 179 Å². The Morgan fingerprint density at radius 1 is 0.567 bits per heavy atom. The average molecular weight is 401 g/mol. The average Bonchev–Trinajstić information content (AvgIpc) is 2.81. The lowest BCUT2D eigenvalue weighted by atomic mass is 10.1. The summed E-state index contributed by atoms with van der Waals surface area (Å²) in [5, 5.41) is 11.1. The lowest BCUT2D eigenvalue weighted by molar-refractivity contribution is 0.282. The van der Waals surface area contributed by atoms with E-state index in [2.05, 4.69) is 47.4 Å². The van der Waals surface area contributed by atoms with Crippen LogP contribution < -0.4 is 0 Å². The maximum Gasteiger partial charge on any atom is 0.0705 e. The molecule has 2 heterocycles. The zero-order valence-electron chi connectivity index (χ0n) is 17.7. The summed E-state index contributed by atoms with van der Waals surface area (Å²) in [5.41, 5.74) is 3.38. The van der Waals surface area contributed by atoms with E-state index in [9.17, 15) is 0 Å². The van der Waals surface area contributed by atoms with E-state index >= 15 is 0 Å². The third kappa shape index (κ3) is 7.23. The second-order valence-corrected chi connectivity index (χ2v) is 7.64. The summed E-state index contributed by atoms with van der Waals surface area (Å²) in [6.07, 6.45) is 11.4. The Kier molecular flexibility index (Phi) is 9.29. The van der Waals surface area contributed by atoms with Crippen molar-refractivity contribution < 1.29 is 5.11 Å². The molecule has 0 saturated heterocycles. The Hall–Kier alpha value is -2.78. The number of nitrogens with zero attached hydrogens (tertiary/aromatic N) is 2. The van der Waals surface area contributed by atoms with Crippen LogP contribution in [0.4, 0.5) is 0 Å². The molecule has 4 aromatic rings. The standard InChI is InChI=1S/C18H25NO.C9H7N/c20-15-9-5-3-1-2-4-6-11-17-14-13-16-10-7-8-12-18(16)19-17;1-2-6-9-8(4-1)5-3-7-10-9/h7-8,10,12-14,20H,1-6,9,11,15H2;1-7H. The van der Waals surface area contributed by atoms with Crippen molar-refractivity contribution in [2.45, 2.75) is 51.4 Å². The molecule has 0 saturated carbocycles. The zero-order valence-corrected chi connectivity index (χ0v) is 17.7. The maximum absolute atomic E-state index is 8.70. The topological polar surface area (TPSA) is 46.0 Å². The Balaban J connectivity index is 0.000000212. The van der Waals surface area contributed by atoms with Crippen LogP contribution in [0.15, 0.2) is 79.0 Å². The third-order valence-electron chi connectivity index (χ3n) is 5.26. The lowest BCUT2D eigenvalue weighted by Gasteiger charge is -2.03. The fourth-order valence-electron chi connectivity index (χ4n) is 3.57. The molecule has 0 aliphatic rings. The smallest absolute Gasteiger partial charge is 0.0705 e. The fourth-order valence-corrected chi connectivity index (χ4v) is 3.57. The molecule has 3 heteroatoms. The van der Waals surface area contributed by atoms with E-state index in [0.29, 0.717) is 6.61 Å². The number of unbranched alkanes of at least 4 members (excludes halogenated alkanes) is 6. The molecule has 0 fully saturated rings. The highest BCUT2D eigenvalue weighted by Gasteiger charge is 1.98. The molecule has 30 heavy (non-hydrogen) atoms. The summed E-state index contributed by atoms with van der Waals surface area (Å²) in [4.78, 5) is 8.89. The first-order valence-corrected chi connectivity index (χ1v) is 11.1. The first-order chi connectivity index (χ1) is 14.9. The number of aliphatic hydroxyl groups excluding tert-OH is 1. The van der Waals surface area contributed by atoms with Gasteiger partial charge in [-0.1, -0.05) is 80.6 Å². The molecule has 2 aromatic heterocycles. The number of aromatic nitrogens is 2. The second-order valence-electron chi connectivity index (χ2n) is 7.64. The van der Waals surface area contributed by atoms with Crippen molar-refractivity contribution in [1.82, 2.24) is 9.97 Å². The number of hydrogen-bond acceptors (Lipinski definition) is 3. The van der Waals surface area contributed by atoms with Crippen molar-refractivity contribution >= 4 is 21.8 Å². The van der Waals surface area contributed by atoms with Gasteiger partial charge in [-0.3, -0.25) is 9.97 Å². The molecule has 3 nitrogen and oxygen atoms in total.